The number of anilines is 1. The van der Waals surface area contributed by atoms with Crippen LogP contribution in [0.25, 0.3) is 11.1 Å². The minimum absolute atomic E-state index is 0.0666. The number of halogens is 3. The van der Waals surface area contributed by atoms with Crippen LogP contribution >= 0.6 is 23.2 Å². The summed E-state index contributed by atoms with van der Waals surface area (Å²) >= 11 is 12.4. The van der Waals surface area contributed by atoms with Gasteiger partial charge in [0.25, 0.3) is 0 Å². The molecular formula is C23H26Cl2FN5O. The molecule has 2 aromatic heterocycles. The third kappa shape index (κ3) is 4.70. The van der Waals surface area contributed by atoms with E-state index in [0.29, 0.717) is 22.4 Å². The summed E-state index contributed by atoms with van der Waals surface area (Å²) in [6.45, 7) is 7.18. The lowest BCUT2D eigenvalue weighted by atomic mass is 10.1. The molecule has 0 spiro atoms. The molecule has 9 heteroatoms. The third-order valence-corrected chi connectivity index (χ3v) is 6.70. The topological polar surface area (TPSA) is 69.2 Å². The number of nitrogen functional groups attached to an aromatic ring is 1. The van der Waals surface area contributed by atoms with Gasteiger partial charge < -0.3 is 15.4 Å². The second-order valence-electron chi connectivity index (χ2n) is 8.00. The van der Waals surface area contributed by atoms with Crippen molar-refractivity contribution in [3.8, 4) is 16.9 Å². The van der Waals surface area contributed by atoms with Crippen LogP contribution in [0.4, 0.5) is 10.2 Å². The molecule has 0 bridgehead atoms. The van der Waals surface area contributed by atoms with Crippen LogP contribution in [0.3, 0.4) is 0 Å². The van der Waals surface area contributed by atoms with Gasteiger partial charge in [0.1, 0.15) is 11.9 Å². The van der Waals surface area contributed by atoms with Gasteiger partial charge in [-0.2, -0.15) is 5.10 Å². The van der Waals surface area contributed by atoms with Gasteiger partial charge >= 0.3 is 0 Å². The summed E-state index contributed by atoms with van der Waals surface area (Å²) in [5, 5.41) is 4.84. The highest BCUT2D eigenvalue weighted by Crippen LogP contribution is 2.37. The Kier molecular flexibility index (Phi) is 6.88. The lowest BCUT2D eigenvalue weighted by Gasteiger charge is -2.31. The monoisotopic (exact) mass is 477 g/mol. The zero-order valence-electron chi connectivity index (χ0n) is 18.1. The van der Waals surface area contributed by atoms with Gasteiger partial charge in [0, 0.05) is 47.2 Å². The first-order valence-electron chi connectivity index (χ1n) is 10.7. The van der Waals surface area contributed by atoms with Gasteiger partial charge in [0.05, 0.1) is 17.3 Å². The molecule has 1 unspecified atom stereocenters. The molecule has 3 aromatic rings. The number of rotatable bonds is 6. The summed E-state index contributed by atoms with van der Waals surface area (Å²) in [7, 11) is 0. The quantitative estimate of drug-likeness (QED) is 0.456. The normalized spacial score (nSPS) is 16.3. The maximum absolute atomic E-state index is 13.9. The Hall–Kier alpha value is -2.35. The van der Waals surface area contributed by atoms with Gasteiger partial charge in [-0.25, -0.2) is 9.37 Å². The number of piperidine rings is 1. The van der Waals surface area contributed by atoms with E-state index in [0.717, 1.165) is 43.6 Å². The zero-order valence-corrected chi connectivity index (χ0v) is 19.6. The molecular weight excluding hydrogens is 452 g/mol. The molecule has 3 heterocycles. The molecule has 2 N–H and O–H groups in total. The van der Waals surface area contributed by atoms with Crippen molar-refractivity contribution in [3.63, 3.8) is 0 Å². The Morgan fingerprint density at radius 3 is 2.69 bits per heavy atom. The predicted molar refractivity (Wildman–Crippen MR) is 126 cm³/mol. The number of hydrogen-bond acceptors (Lipinski definition) is 5. The second kappa shape index (κ2) is 9.65. The SMILES string of the molecule is CCN1CCC(n2cc(-c3cnc(N)c(OC(C)c4c(Cl)ccc(F)c4Cl)c3)cn2)CC1. The molecule has 32 heavy (non-hydrogen) atoms. The van der Waals surface area contributed by atoms with E-state index >= 15 is 0 Å². The van der Waals surface area contributed by atoms with Crippen LogP contribution in [0.1, 0.15) is 44.4 Å². The summed E-state index contributed by atoms with van der Waals surface area (Å²) in [5.74, 6) is 0.0394. The van der Waals surface area contributed by atoms with Gasteiger partial charge in [0.15, 0.2) is 11.6 Å². The first-order chi connectivity index (χ1) is 15.4. The molecule has 1 aliphatic heterocycles. The molecule has 1 fully saturated rings. The number of hydrogen-bond donors (Lipinski definition) is 1. The predicted octanol–water partition coefficient (Wildman–Crippen LogP) is 5.77. The summed E-state index contributed by atoms with van der Waals surface area (Å²) in [5.41, 5.74) is 8.17. The molecule has 1 aromatic carbocycles. The van der Waals surface area contributed by atoms with E-state index in [1.54, 1.807) is 19.2 Å². The number of benzene rings is 1. The van der Waals surface area contributed by atoms with Gasteiger partial charge in [-0.1, -0.05) is 30.1 Å². The number of nitrogens with zero attached hydrogens (tertiary/aromatic N) is 4. The number of aromatic nitrogens is 3. The highest BCUT2D eigenvalue weighted by atomic mass is 35.5. The van der Waals surface area contributed by atoms with Crippen molar-refractivity contribution in [3.05, 3.63) is 58.2 Å². The Morgan fingerprint density at radius 2 is 1.97 bits per heavy atom. The van der Waals surface area contributed by atoms with Crippen molar-refractivity contribution in [1.82, 2.24) is 19.7 Å². The number of ether oxygens (including phenoxy) is 1. The van der Waals surface area contributed by atoms with Crippen LogP contribution in [0, 0.1) is 5.82 Å². The van der Waals surface area contributed by atoms with Gasteiger partial charge in [-0.15, -0.1) is 0 Å². The van der Waals surface area contributed by atoms with Gasteiger partial charge in [-0.3, -0.25) is 4.68 Å². The number of nitrogens with two attached hydrogens (primary N) is 1. The molecule has 1 aliphatic rings. The summed E-state index contributed by atoms with van der Waals surface area (Å²) in [6.07, 6.45) is 7.08. The lowest BCUT2D eigenvalue weighted by molar-refractivity contribution is 0.187. The third-order valence-electron chi connectivity index (χ3n) is 5.98. The second-order valence-corrected chi connectivity index (χ2v) is 8.78. The van der Waals surface area contributed by atoms with Crippen molar-refractivity contribution in [1.29, 1.82) is 0 Å². The van der Waals surface area contributed by atoms with E-state index < -0.39 is 11.9 Å². The van der Waals surface area contributed by atoms with Crippen molar-refractivity contribution in [2.24, 2.45) is 0 Å². The van der Waals surface area contributed by atoms with Crippen LogP contribution < -0.4 is 10.5 Å². The Balaban J connectivity index is 1.54. The smallest absolute Gasteiger partial charge is 0.166 e. The van der Waals surface area contributed by atoms with Gasteiger partial charge in [0.2, 0.25) is 0 Å². The van der Waals surface area contributed by atoms with E-state index in [2.05, 4.69) is 21.9 Å². The molecule has 0 aliphatic carbocycles. The fraction of sp³-hybridized carbons (Fsp3) is 0.391. The van der Waals surface area contributed by atoms with E-state index in [4.69, 9.17) is 33.7 Å². The highest BCUT2D eigenvalue weighted by molar-refractivity contribution is 6.36. The summed E-state index contributed by atoms with van der Waals surface area (Å²) in [6, 6.07) is 4.87. The van der Waals surface area contributed by atoms with E-state index in [1.165, 1.54) is 12.1 Å². The van der Waals surface area contributed by atoms with Crippen molar-refractivity contribution in [2.75, 3.05) is 25.4 Å². The van der Waals surface area contributed by atoms with E-state index in [9.17, 15) is 4.39 Å². The maximum atomic E-state index is 13.9. The van der Waals surface area contributed by atoms with E-state index in [-0.39, 0.29) is 10.8 Å². The molecule has 1 saturated heterocycles. The minimum Gasteiger partial charge on any atom is -0.482 e. The first kappa shape index (κ1) is 22.8. The lowest BCUT2D eigenvalue weighted by Crippen LogP contribution is -2.34. The van der Waals surface area contributed by atoms with Crippen molar-refractivity contribution in [2.45, 2.75) is 38.8 Å². The van der Waals surface area contributed by atoms with Crippen LogP contribution in [0.5, 0.6) is 5.75 Å². The summed E-state index contributed by atoms with van der Waals surface area (Å²) in [4.78, 5) is 6.73. The summed E-state index contributed by atoms with van der Waals surface area (Å²) < 4.78 is 22.0. The fourth-order valence-corrected chi connectivity index (χ4v) is 4.74. The number of pyridine rings is 1. The Labute approximate surface area is 197 Å². The minimum atomic E-state index is -0.628. The van der Waals surface area contributed by atoms with Crippen LogP contribution in [0.2, 0.25) is 10.0 Å². The standard InChI is InChI=1S/C23H26Cl2FN5O/c1-3-30-8-6-17(7-9-30)31-13-16(12-29-31)15-10-20(23(27)28-11-15)32-14(2)21-18(24)4-5-19(26)22(21)25/h4-5,10-14,17H,3,6-9H2,1-2H3,(H2,27,28). The molecule has 0 radical (unpaired) electrons. The average molecular weight is 478 g/mol. The van der Waals surface area contributed by atoms with Crippen LogP contribution in [-0.2, 0) is 0 Å². The van der Waals surface area contributed by atoms with E-state index in [1.807, 2.05) is 17.1 Å². The molecule has 0 saturated carbocycles. The van der Waals surface area contributed by atoms with Crippen LogP contribution in [0.15, 0.2) is 36.8 Å². The molecule has 6 nitrogen and oxygen atoms in total. The Bertz CT molecular complexity index is 1100. The van der Waals surface area contributed by atoms with Crippen molar-refractivity contribution >= 4 is 29.0 Å². The van der Waals surface area contributed by atoms with Crippen LogP contribution in [-0.4, -0.2) is 39.3 Å². The van der Waals surface area contributed by atoms with Gasteiger partial charge in [-0.05, 0) is 44.5 Å². The highest BCUT2D eigenvalue weighted by Gasteiger charge is 2.22. The largest absolute Gasteiger partial charge is 0.482 e. The molecule has 4 rings (SSSR count). The zero-order chi connectivity index (χ0) is 22.8. The first-order valence-corrected chi connectivity index (χ1v) is 11.5. The fourth-order valence-electron chi connectivity index (χ4n) is 4.06. The van der Waals surface area contributed by atoms with Crippen molar-refractivity contribution < 1.29 is 9.13 Å². The molecule has 0 amide bonds. The average Bonchev–Trinajstić information content (AvgIpc) is 3.28. The Morgan fingerprint density at radius 1 is 1.22 bits per heavy atom. The molecule has 1 atom stereocenters. The molecule has 170 valence electrons. The maximum Gasteiger partial charge on any atom is 0.166 e. The number of likely N-dealkylation sites (tertiary alicyclic amines) is 1.